The van der Waals surface area contributed by atoms with Gasteiger partial charge in [0, 0.05) is 14.9 Å². The molecule has 0 fully saturated rings. The predicted octanol–water partition coefficient (Wildman–Crippen LogP) is 3.86. The second-order valence-corrected chi connectivity index (χ2v) is 7.57. The van der Waals surface area contributed by atoms with E-state index in [1.165, 1.54) is 0 Å². The zero-order chi connectivity index (χ0) is 20.5. The summed E-state index contributed by atoms with van der Waals surface area (Å²) in [6, 6.07) is 13.8. The zero-order valence-corrected chi connectivity index (χ0v) is 17.8. The van der Waals surface area contributed by atoms with Crippen LogP contribution in [0.25, 0.3) is 0 Å². The van der Waals surface area contributed by atoms with E-state index in [2.05, 4.69) is 38.5 Å². The Morgan fingerprint density at radius 1 is 1.00 bits per heavy atom. The number of rotatable bonds is 7. The molecule has 0 spiro atoms. The van der Waals surface area contributed by atoms with Crippen LogP contribution in [0.3, 0.4) is 0 Å². The molecule has 148 valence electrons. The molecule has 0 aromatic heterocycles. The first kappa shape index (κ1) is 21.7. The summed E-state index contributed by atoms with van der Waals surface area (Å²) in [5.41, 5.74) is 1.51. The van der Waals surface area contributed by atoms with E-state index in [9.17, 15) is 14.4 Å². The number of nitrogens with one attached hydrogen (secondary N) is 3. The minimum atomic E-state index is -0.554. The average molecular weight is 495 g/mol. The van der Waals surface area contributed by atoms with E-state index >= 15 is 0 Å². The molecule has 0 aliphatic heterocycles. The van der Waals surface area contributed by atoms with Crippen LogP contribution in [0, 0.1) is 9.49 Å². The van der Waals surface area contributed by atoms with Crippen molar-refractivity contribution in [2.75, 3.05) is 23.8 Å². The van der Waals surface area contributed by atoms with Crippen LogP contribution in [0.4, 0.5) is 16.2 Å². The van der Waals surface area contributed by atoms with Crippen molar-refractivity contribution in [3.8, 4) is 0 Å². The maximum atomic E-state index is 12.1. The second-order valence-electron chi connectivity index (χ2n) is 6.41. The average Bonchev–Trinajstić information content (AvgIpc) is 2.65. The van der Waals surface area contributed by atoms with Crippen LogP contribution in [0.15, 0.2) is 48.5 Å². The van der Waals surface area contributed by atoms with E-state index in [-0.39, 0.29) is 24.3 Å². The van der Waals surface area contributed by atoms with Crippen molar-refractivity contribution in [2.24, 2.45) is 5.92 Å². The summed E-state index contributed by atoms with van der Waals surface area (Å²) in [5.74, 6) is -0.451. The van der Waals surface area contributed by atoms with E-state index in [0.717, 1.165) is 3.57 Å². The highest BCUT2D eigenvalue weighted by Gasteiger charge is 2.11. The van der Waals surface area contributed by atoms with Gasteiger partial charge in [-0.1, -0.05) is 32.0 Å². The lowest BCUT2D eigenvalue weighted by atomic mass is 10.2. The van der Waals surface area contributed by atoms with Crippen LogP contribution >= 0.6 is 22.6 Å². The van der Waals surface area contributed by atoms with Crippen LogP contribution in [0.5, 0.6) is 0 Å². The lowest BCUT2D eigenvalue weighted by Crippen LogP contribution is -2.33. The predicted molar refractivity (Wildman–Crippen MR) is 116 cm³/mol. The summed E-state index contributed by atoms with van der Waals surface area (Å²) in [5, 5.41) is 7.87. The molecule has 0 saturated heterocycles. The molecule has 8 heteroatoms. The van der Waals surface area contributed by atoms with Gasteiger partial charge in [-0.2, -0.15) is 0 Å². The molecule has 0 heterocycles. The molecule has 3 N–H and O–H groups in total. The van der Waals surface area contributed by atoms with Crippen LogP contribution in [-0.2, 0) is 9.53 Å². The Balaban J connectivity index is 1.86. The number of carbonyl (C=O) groups excluding carboxylic acids is 3. The molecule has 2 aromatic rings. The molecule has 2 rings (SSSR count). The molecule has 0 saturated carbocycles. The van der Waals surface area contributed by atoms with E-state index in [4.69, 9.17) is 4.74 Å². The highest BCUT2D eigenvalue weighted by Crippen LogP contribution is 2.15. The number of benzene rings is 2. The number of carbonyl (C=O) groups is 3. The quantitative estimate of drug-likeness (QED) is 0.509. The smallest absolute Gasteiger partial charge is 0.411 e. The lowest BCUT2D eigenvalue weighted by molar-refractivity contribution is -0.115. The van der Waals surface area contributed by atoms with Gasteiger partial charge in [0.1, 0.15) is 0 Å². The van der Waals surface area contributed by atoms with Crippen molar-refractivity contribution >= 4 is 51.9 Å². The number of anilines is 2. The molecule has 0 aliphatic carbocycles. The number of hydrogen-bond acceptors (Lipinski definition) is 4. The van der Waals surface area contributed by atoms with E-state index in [0.29, 0.717) is 23.5 Å². The third kappa shape index (κ3) is 7.18. The normalized spacial score (nSPS) is 10.3. The van der Waals surface area contributed by atoms with Crippen molar-refractivity contribution in [2.45, 2.75) is 13.8 Å². The number of amides is 3. The molecular formula is C20H22IN3O4. The van der Waals surface area contributed by atoms with Gasteiger partial charge in [0.05, 0.1) is 18.7 Å². The van der Waals surface area contributed by atoms with Crippen LogP contribution in [0.1, 0.15) is 24.2 Å². The SMILES string of the molecule is CC(C)COC(=O)Nc1cccc(NC(=O)CNC(=O)c2ccccc2I)c1. The third-order valence-corrected chi connectivity index (χ3v) is 4.41. The maximum Gasteiger partial charge on any atom is 0.411 e. The Kier molecular flexibility index (Phi) is 8.24. The van der Waals surface area contributed by atoms with Crippen molar-refractivity contribution in [1.82, 2.24) is 5.32 Å². The third-order valence-electron chi connectivity index (χ3n) is 3.47. The van der Waals surface area contributed by atoms with Gasteiger partial charge >= 0.3 is 6.09 Å². The molecule has 7 nitrogen and oxygen atoms in total. The number of hydrogen-bond donors (Lipinski definition) is 3. The van der Waals surface area contributed by atoms with Gasteiger partial charge in [-0.05, 0) is 58.8 Å². The highest BCUT2D eigenvalue weighted by atomic mass is 127. The van der Waals surface area contributed by atoms with Gasteiger partial charge in [0.15, 0.2) is 0 Å². The number of ether oxygens (including phenoxy) is 1. The monoisotopic (exact) mass is 495 g/mol. The fourth-order valence-electron chi connectivity index (χ4n) is 2.18. The molecule has 0 bridgehead atoms. The fourth-order valence-corrected chi connectivity index (χ4v) is 2.81. The summed E-state index contributed by atoms with van der Waals surface area (Å²) in [6.45, 7) is 4.04. The molecule has 0 atom stereocenters. The lowest BCUT2D eigenvalue weighted by Gasteiger charge is -2.11. The van der Waals surface area contributed by atoms with Gasteiger partial charge in [-0.3, -0.25) is 14.9 Å². The maximum absolute atomic E-state index is 12.1. The van der Waals surface area contributed by atoms with Crippen LogP contribution in [0.2, 0.25) is 0 Å². The van der Waals surface area contributed by atoms with E-state index in [1.807, 2.05) is 26.0 Å². The summed E-state index contributed by atoms with van der Waals surface area (Å²) < 4.78 is 5.87. The fraction of sp³-hybridized carbons (Fsp3) is 0.250. The molecule has 3 amide bonds. The van der Waals surface area contributed by atoms with Crippen molar-refractivity contribution in [3.63, 3.8) is 0 Å². The van der Waals surface area contributed by atoms with Gasteiger partial charge in [0.25, 0.3) is 5.91 Å². The van der Waals surface area contributed by atoms with Crippen molar-refractivity contribution in [3.05, 3.63) is 57.7 Å². The minimum Gasteiger partial charge on any atom is -0.449 e. The summed E-state index contributed by atoms with van der Waals surface area (Å²) in [4.78, 5) is 36.0. The topological polar surface area (TPSA) is 96.5 Å². The molecule has 28 heavy (non-hydrogen) atoms. The Bertz CT molecular complexity index is 855. The molecule has 2 aromatic carbocycles. The minimum absolute atomic E-state index is 0.169. The van der Waals surface area contributed by atoms with Gasteiger partial charge < -0.3 is 15.4 Å². The highest BCUT2D eigenvalue weighted by molar-refractivity contribution is 14.1. The molecule has 0 unspecified atom stereocenters. The molecule has 0 radical (unpaired) electrons. The number of halogens is 1. The zero-order valence-electron chi connectivity index (χ0n) is 15.6. The Hall–Kier alpha value is -2.62. The summed E-state index contributed by atoms with van der Waals surface area (Å²) in [7, 11) is 0. The summed E-state index contributed by atoms with van der Waals surface area (Å²) in [6.07, 6.45) is -0.554. The Labute approximate surface area is 177 Å². The van der Waals surface area contributed by atoms with Crippen molar-refractivity contribution < 1.29 is 19.1 Å². The Morgan fingerprint density at radius 3 is 2.36 bits per heavy atom. The van der Waals surface area contributed by atoms with Gasteiger partial charge in [-0.25, -0.2) is 4.79 Å². The van der Waals surface area contributed by atoms with E-state index < -0.39 is 6.09 Å². The molecule has 0 aliphatic rings. The first-order chi connectivity index (χ1) is 13.3. The van der Waals surface area contributed by atoms with Crippen molar-refractivity contribution in [1.29, 1.82) is 0 Å². The first-order valence-electron chi connectivity index (χ1n) is 8.71. The second kappa shape index (κ2) is 10.6. The standard InChI is InChI=1S/C20H22IN3O4/c1-13(2)12-28-20(27)24-15-7-5-6-14(10-15)23-18(25)11-22-19(26)16-8-3-4-9-17(16)21/h3-10,13H,11-12H2,1-2H3,(H,22,26)(H,23,25)(H,24,27). The largest absolute Gasteiger partial charge is 0.449 e. The van der Waals surface area contributed by atoms with E-state index in [1.54, 1.807) is 36.4 Å². The molecular weight excluding hydrogens is 473 g/mol. The van der Waals surface area contributed by atoms with Gasteiger partial charge in [-0.15, -0.1) is 0 Å². The Morgan fingerprint density at radius 2 is 1.68 bits per heavy atom. The van der Waals surface area contributed by atoms with Crippen LogP contribution in [-0.4, -0.2) is 31.1 Å². The first-order valence-corrected chi connectivity index (χ1v) is 9.79. The van der Waals surface area contributed by atoms with Gasteiger partial charge in [0.2, 0.25) is 5.91 Å². The van der Waals surface area contributed by atoms with Crippen LogP contribution < -0.4 is 16.0 Å². The summed E-state index contributed by atoms with van der Waals surface area (Å²) >= 11 is 2.07.